The minimum absolute atomic E-state index is 0.0602. The Bertz CT molecular complexity index is 3690. The van der Waals surface area contributed by atoms with Crippen molar-refractivity contribution in [3.05, 3.63) is 193 Å². The molecule has 0 bridgehead atoms. The minimum Gasteiger partial charge on any atom is -0.455 e. The predicted octanol–water partition coefficient (Wildman–Crippen LogP) is 16.7. The van der Waals surface area contributed by atoms with Crippen LogP contribution in [0, 0.1) is 0 Å². The summed E-state index contributed by atoms with van der Waals surface area (Å²) in [4.78, 5) is 0. The summed E-state index contributed by atoms with van der Waals surface area (Å²) >= 11 is 1.92. The molecule has 59 heavy (non-hydrogen) atoms. The Balaban J connectivity index is 1.04. The number of thiophene rings is 1. The van der Waals surface area contributed by atoms with Crippen molar-refractivity contribution < 1.29 is 4.42 Å². The molecule has 13 rings (SSSR count). The van der Waals surface area contributed by atoms with Gasteiger partial charge in [-0.25, -0.2) is 0 Å². The summed E-state index contributed by atoms with van der Waals surface area (Å²) in [5, 5.41) is 12.4. The number of para-hydroxylation sites is 1. The largest absolute Gasteiger partial charge is 0.455 e. The Kier molecular flexibility index (Phi) is 6.73. The lowest BCUT2D eigenvalue weighted by atomic mass is 9.82. The zero-order valence-electron chi connectivity index (χ0n) is 32.6. The van der Waals surface area contributed by atoms with Crippen LogP contribution < -0.4 is 0 Å². The number of rotatable bonds is 3. The summed E-state index contributed by atoms with van der Waals surface area (Å²) < 4.78 is 9.61. The molecule has 0 saturated heterocycles. The van der Waals surface area contributed by atoms with Gasteiger partial charge in [-0.15, -0.1) is 11.3 Å². The van der Waals surface area contributed by atoms with Gasteiger partial charge in [0.15, 0.2) is 0 Å². The van der Waals surface area contributed by atoms with E-state index >= 15 is 0 Å². The normalized spacial score (nSPS) is 13.4. The van der Waals surface area contributed by atoms with Crippen LogP contribution in [0.25, 0.3) is 119 Å². The van der Waals surface area contributed by atoms with Gasteiger partial charge in [0.2, 0.25) is 0 Å². The van der Waals surface area contributed by atoms with Crippen molar-refractivity contribution in [1.82, 2.24) is 0 Å². The maximum Gasteiger partial charge on any atom is 0.143 e. The van der Waals surface area contributed by atoms with E-state index in [0.29, 0.717) is 0 Å². The van der Waals surface area contributed by atoms with Gasteiger partial charge in [-0.3, -0.25) is 0 Å². The van der Waals surface area contributed by atoms with E-state index < -0.39 is 0 Å². The SMILES string of the molecule is CC1(C)c2ccccc2-c2cc3sc4c5ccccc5c(-c5cccc6c5oc5ccc(-c7c8ccccc8c(-c8ccccc8)c8ccccc78)cc56)cc4c3cc21. The lowest BCUT2D eigenvalue weighted by Crippen LogP contribution is -2.14. The lowest BCUT2D eigenvalue weighted by molar-refractivity contribution is 0.661. The predicted molar refractivity (Wildman–Crippen MR) is 253 cm³/mol. The number of fused-ring (bicyclic) bond motifs is 13. The van der Waals surface area contributed by atoms with Crippen molar-refractivity contribution in [1.29, 1.82) is 0 Å². The Morgan fingerprint density at radius 3 is 1.73 bits per heavy atom. The van der Waals surface area contributed by atoms with Crippen molar-refractivity contribution >= 4 is 85.8 Å². The molecule has 0 unspecified atom stereocenters. The van der Waals surface area contributed by atoms with Gasteiger partial charge in [-0.1, -0.05) is 166 Å². The summed E-state index contributed by atoms with van der Waals surface area (Å²) in [5.41, 5.74) is 14.6. The molecule has 2 aromatic heterocycles. The fourth-order valence-electron chi connectivity index (χ4n) is 10.5. The molecule has 1 aliphatic rings. The third kappa shape index (κ3) is 4.55. The summed E-state index contributed by atoms with van der Waals surface area (Å²) in [6, 6.07) is 67.3. The molecule has 276 valence electrons. The minimum atomic E-state index is -0.0602. The highest BCUT2D eigenvalue weighted by molar-refractivity contribution is 7.26. The van der Waals surface area contributed by atoms with Crippen LogP contribution in [0.3, 0.4) is 0 Å². The Morgan fingerprint density at radius 2 is 0.983 bits per heavy atom. The fraction of sp³-hybridized carbons (Fsp3) is 0.0526. The molecule has 0 spiro atoms. The van der Waals surface area contributed by atoms with E-state index in [1.165, 1.54) is 103 Å². The van der Waals surface area contributed by atoms with Gasteiger partial charge in [0.1, 0.15) is 11.2 Å². The maximum absolute atomic E-state index is 6.94. The van der Waals surface area contributed by atoms with Gasteiger partial charge in [0, 0.05) is 47.3 Å². The molecule has 0 N–H and O–H groups in total. The smallest absolute Gasteiger partial charge is 0.143 e. The molecule has 1 nitrogen and oxygen atoms in total. The zero-order valence-corrected chi connectivity index (χ0v) is 33.5. The van der Waals surface area contributed by atoms with Crippen LogP contribution in [0.5, 0.6) is 0 Å². The third-order valence-corrected chi connectivity index (χ3v) is 14.5. The molecule has 2 heteroatoms. The fourth-order valence-corrected chi connectivity index (χ4v) is 11.8. The van der Waals surface area contributed by atoms with Crippen LogP contribution in [0.1, 0.15) is 25.0 Å². The van der Waals surface area contributed by atoms with E-state index in [9.17, 15) is 0 Å². The average Bonchev–Trinajstić information content (AvgIpc) is 3.92. The average molecular weight is 769 g/mol. The molecule has 0 saturated carbocycles. The highest BCUT2D eigenvalue weighted by atomic mass is 32.1. The van der Waals surface area contributed by atoms with Crippen LogP contribution in [-0.4, -0.2) is 0 Å². The highest BCUT2D eigenvalue weighted by Gasteiger charge is 2.36. The third-order valence-electron chi connectivity index (χ3n) is 13.3. The van der Waals surface area contributed by atoms with Crippen LogP contribution in [0.4, 0.5) is 0 Å². The van der Waals surface area contributed by atoms with E-state index in [1.807, 2.05) is 11.3 Å². The molecule has 2 heterocycles. The van der Waals surface area contributed by atoms with Gasteiger partial charge in [-0.2, -0.15) is 0 Å². The molecule has 0 atom stereocenters. The van der Waals surface area contributed by atoms with Gasteiger partial charge >= 0.3 is 0 Å². The second kappa shape index (κ2) is 12.0. The van der Waals surface area contributed by atoms with Gasteiger partial charge in [0.25, 0.3) is 0 Å². The Hall–Kier alpha value is -7.00. The van der Waals surface area contributed by atoms with Crippen molar-refractivity contribution in [3.63, 3.8) is 0 Å². The van der Waals surface area contributed by atoms with E-state index in [2.05, 4.69) is 196 Å². The molecular weight excluding hydrogens is 733 g/mol. The standard InChI is InChI=1S/C57H36OS/c1-57(2)49-26-13-12-18-36(49)45-32-52-47(31-50(45)57)48-30-44(35-17-6-11-23-43(35)56(48)59-52)41-24-14-25-42-46-29-34(27-28-51(46)58-55(41)42)54-39-21-9-7-19-37(39)53(33-15-4-3-5-16-33)38-20-8-10-22-40(38)54/h3-32H,1-2H3. The first-order valence-corrected chi connectivity index (χ1v) is 21.3. The summed E-state index contributed by atoms with van der Waals surface area (Å²) in [7, 11) is 0. The monoisotopic (exact) mass is 768 g/mol. The van der Waals surface area contributed by atoms with Crippen LogP contribution in [-0.2, 0) is 5.41 Å². The number of hydrogen-bond acceptors (Lipinski definition) is 2. The summed E-state index contributed by atoms with van der Waals surface area (Å²) in [5.74, 6) is 0. The van der Waals surface area contributed by atoms with Crippen LogP contribution >= 0.6 is 11.3 Å². The van der Waals surface area contributed by atoms with E-state index in [-0.39, 0.29) is 5.41 Å². The number of furan rings is 1. The molecule has 0 aliphatic heterocycles. The molecular formula is C57H36OS. The van der Waals surface area contributed by atoms with Gasteiger partial charge in [-0.05, 0) is 107 Å². The lowest BCUT2D eigenvalue weighted by Gasteiger charge is -2.21. The number of benzene rings is 10. The first kappa shape index (κ1) is 33.0. The second-order valence-electron chi connectivity index (χ2n) is 16.7. The molecule has 1 aliphatic carbocycles. The quantitative estimate of drug-likeness (QED) is 0.163. The molecule has 12 aromatic rings. The number of hydrogen-bond donors (Lipinski definition) is 0. The maximum atomic E-state index is 6.94. The summed E-state index contributed by atoms with van der Waals surface area (Å²) in [6.45, 7) is 4.74. The van der Waals surface area contributed by atoms with Crippen molar-refractivity contribution in [2.24, 2.45) is 0 Å². The van der Waals surface area contributed by atoms with E-state index in [0.717, 1.165) is 27.5 Å². The molecule has 0 radical (unpaired) electrons. The van der Waals surface area contributed by atoms with Gasteiger partial charge < -0.3 is 4.42 Å². The van der Waals surface area contributed by atoms with E-state index in [1.54, 1.807) is 0 Å². The van der Waals surface area contributed by atoms with Crippen LogP contribution in [0.15, 0.2) is 186 Å². The topological polar surface area (TPSA) is 13.1 Å². The Labute approximate surface area is 345 Å². The van der Waals surface area contributed by atoms with E-state index in [4.69, 9.17) is 4.42 Å². The highest BCUT2D eigenvalue weighted by Crippen LogP contribution is 2.53. The zero-order chi connectivity index (χ0) is 39.0. The molecule has 0 amide bonds. The van der Waals surface area contributed by atoms with Crippen molar-refractivity contribution in [3.8, 4) is 44.5 Å². The summed E-state index contributed by atoms with van der Waals surface area (Å²) in [6.07, 6.45) is 0. The van der Waals surface area contributed by atoms with Crippen LogP contribution in [0.2, 0.25) is 0 Å². The first-order valence-electron chi connectivity index (χ1n) is 20.5. The first-order chi connectivity index (χ1) is 29.0. The van der Waals surface area contributed by atoms with Crippen molar-refractivity contribution in [2.75, 3.05) is 0 Å². The molecule has 10 aromatic carbocycles. The van der Waals surface area contributed by atoms with Crippen molar-refractivity contribution in [2.45, 2.75) is 19.3 Å². The second-order valence-corrected chi connectivity index (χ2v) is 17.8. The van der Waals surface area contributed by atoms with Gasteiger partial charge in [0.05, 0.1) is 0 Å². The Morgan fingerprint density at radius 1 is 0.373 bits per heavy atom. The molecule has 0 fully saturated rings.